The van der Waals surface area contributed by atoms with Crippen LogP contribution in [0, 0.1) is 28.6 Å². The van der Waals surface area contributed by atoms with E-state index in [1.807, 2.05) is 6.92 Å². The molecule has 0 heterocycles. The number of hydrogen-bond acceptors (Lipinski definition) is 4. The summed E-state index contributed by atoms with van der Waals surface area (Å²) in [6, 6.07) is 0. The van der Waals surface area contributed by atoms with E-state index in [9.17, 15) is 35.9 Å². The van der Waals surface area contributed by atoms with Crippen molar-refractivity contribution in [3.8, 4) is 0 Å². The highest BCUT2D eigenvalue weighted by Gasteiger charge is 2.69. The van der Waals surface area contributed by atoms with Crippen molar-refractivity contribution in [2.24, 2.45) is 28.6 Å². The van der Waals surface area contributed by atoms with Crippen LogP contribution in [0.1, 0.15) is 71.6 Å². The highest BCUT2D eigenvalue weighted by molar-refractivity contribution is 5.76. The van der Waals surface area contributed by atoms with Crippen molar-refractivity contribution in [3.05, 3.63) is 0 Å². The molecule has 194 valence electrons. The van der Waals surface area contributed by atoms with Crippen LogP contribution in [0.25, 0.3) is 0 Å². The Morgan fingerprint density at radius 3 is 1.97 bits per heavy atom. The molecule has 34 heavy (non-hydrogen) atoms. The van der Waals surface area contributed by atoms with Crippen LogP contribution in [0.4, 0.5) is 30.7 Å². The molecule has 8 atom stereocenters. The molecule has 4 fully saturated rings. The predicted octanol–water partition coefficient (Wildman–Crippen LogP) is 6.07. The summed E-state index contributed by atoms with van der Waals surface area (Å²) < 4.78 is 103. The molecule has 0 amide bonds. The Morgan fingerprint density at radius 2 is 1.35 bits per heavy atom. The van der Waals surface area contributed by atoms with E-state index in [1.54, 1.807) is 6.92 Å². The van der Waals surface area contributed by atoms with Crippen LogP contribution in [-0.4, -0.2) is 42.2 Å². The van der Waals surface area contributed by atoms with E-state index < -0.39 is 58.9 Å². The summed E-state index contributed by atoms with van der Waals surface area (Å²) in [5.74, 6) is -5.41. The first kappa shape index (κ1) is 25.5. The molecular formula is C23H29F7O4. The van der Waals surface area contributed by atoms with Crippen LogP contribution in [0.3, 0.4) is 0 Å². The molecule has 4 rings (SSSR count). The van der Waals surface area contributed by atoms with Gasteiger partial charge in [0.2, 0.25) is 0 Å². The minimum Gasteiger partial charge on any atom is -0.456 e. The lowest BCUT2D eigenvalue weighted by molar-refractivity contribution is -0.229. The molecule has 0 unspecified atom stereocenters. The maximum atomic E-state index is 16.9. The molecule has 4 aliphatic rings. The summed E-state index contributed by atoms with van der Waals surface area (Å²) in [5, 5.41) is 0. The number of alkyl halides is 7. The molecule has 0 aliphatic heterocycles. The minimum atomic E-state index is -5.09. The topological polar surface area (TPSA) is 52.6 Å². The van der Waals surface area contributed by atoms with Gasteiger partial charge in [0.15, 0.2) is 0 Å². The normalized spacial score (nSPS) is 44.4. The van der Waals surface area contributed by atoms with Crippen molar-refractivity contribution in [2.45, 2.75) is 102 Å². The Kier molecular flexibility index (Phi) is 5.99. The van der Waals surface area contributed by atoms with Crippen LogP contribution in [0.15, 0.2) is 0 Å². The van der Waals surface area contributed by atoms with E-state index in [4.69, 9.17) is 4.74 Å². The van der Waals surface area contributed by atoms with Crippen molar-refractivity contribution in [2.75, 3.05) is 0 Å². The second kappa shape index (κ2) is 7.98. The lowest BCUT2D eigenvalue weighted by atomic mass is 9.43. The summed E-state index contributed by atoms with van der Waals surface area (Å²) in [7, 11) is 0. The molecule has 0 bridgehead atoms. The monoisotopic (exact) mass is 502 g/mol. The number of carbonyl (C=O) groups is 2. The zero-order valence-corrected chi connectivity index (χ0v) is 19.0. The molecule has 0 spiro atoms. The molecule has 0 saturated heterocycles. The van der Waals surface area contributed by atoms with Gasteiger partial charge in [-0.2, -0.15) is 26.3 Å². The van der Waals surface area contributed by atoms with Gasteiger partial charge < -0.3 is 9.47 Å². The minimum absolute atomic E-state index is 0.0880. The third kappa shape index (κ3) is 3.88. The molecule has 11 heteroatoms. The quantitative estimate of drug-likeness (QED) is 0.340. The second-order valence-electron chi connectivity index (χ2n) is 11.0. The number of rotatable bonds is 2. The Bertz CT molecular complexity index is 842. The highest BCUT2D eigenvalue weighted by atomic mass is 19.4. The molecule has 0 aromatic carbocycles. The van der Waals surface area contributed by atoms with Gasteiger partial charge in [-0.3, -0.25) is 0 Å². The SMILES string of the molecule is C[C@]12CC[C@@]3(F)[C@@H](CC[C@H]4C[C@@H](OC(=O)C(F)(F)F)CC[C@@]43C)[C@@H]1CC[C@@H]2OC(=O)C(F)(F)F. The van der Waals surface area contributed by atoms with Crippen LogP contribution < -0.4 is 0 Å². The Labute approximate surface area is 192 Å². The zero-order valence-electron chi connectivity index (χ0n) is 19.0. The fraction of sp³-hybridized carbons (Fsp3) is 0.913. The van der Waals surface area contributed by atoms with Gasteiger partial charge in [-0.05, 0) is 75.5 Å². The Morgan fingerprint density at radius 1 is 0.765 bits per heavy atom. The van der Waals surface area contributed by atoms with Crippen molar-refractivity contribution in [1.82, 2.24) is 0 Å². The molecule has 4 saturated carbocycles. The Balaban J connectivity index is 1.50. The van der Waals surface area contributed by atoms with Gasteiger partial charge in [0.05, 0.1) is 0 Å². The average molecular weight is 502 g/mol. The molecule has 4 aliphatic carbocycles. The van der Waals surface area contributed by atoms with Gasteiger partial charge in [-0.1, -0.05) is 13.8 Å². The zero-order chi connectivity index (χ0) is 25.3. The van der Waals surface area contributed by atoms with E-state index in [0.717, 1.165) is 0 Å². The number of carbonyl (C=O) groups excluding carboxylic acids is 2. The van der Waals surface area contributed by atoms with Crippen molar-refractivity contribution in [1.29, 1.82) is 0 Å². The predicted molar refractivity (Wildman–Crippen MR) is 104 cm³/mol. The molecule has 0 aromatic heterocycles. The molecule has 0 radical (unpaired) electrons. The summed E-state index contributed by atoms with van der Waals surface area (Å²) in [4.78, 5) is 22.7. The molecule has 0 N–H and O–H groups in total. The number of ether oxygens (including phenoxy) is 2. The van der Waals surface area contributed by atoms with Gasteiger partial charge in [0, 0.05) is 10.8 Å². The summed E-state index contributed by atoms with van der Waals surface area (Å²) in [5.41, 5.74) is -3.23. The fourth-order valence-corrected chi connectivity index (χ4v) is 7.77. The largest absolute Gasteiger partial charge is 0.490 e. The van der Waals surface area contributed by atoms with Crippen molar-refractivity contribution < 1.29 is 49.8 Å². The number of fused-ring (bicyclic) bond motifs is 5. The highest BCUT2D eigenvalue weighted by Crippen LogP contribution is 2.69. The van der Waals surface area contributed by atoms with E-state index in [-0.39, 0.29) is 50.4 Å². The first-order valence-electron chi connectivity index (χ1n) is 11.8. The van der Waals surface area contributed by atoms with Gasteiger partial charge in [-0.25, -0.2) is 14.0 Å². The van der Waals surface area contributed by atoms with Gasteiger partial charge in [0.25, 0.3) is 0 Å². The van der Waals surface area contributed by atoms with E-state index >= 15 is 4.39 Å². The summed E-state index contributed by atoms with van der Waals surface area (Å²) in [6.45, 7) is 3.59. The first-order chi connectivity index (χ1) is 15.5. The third-order valence-electron chi connectivity index (χ3n) is 9.62. The van der Waals surface area contributed by atoms with E-state index in [1.165, 1.54) is 0 Å². The molecule has 4 nitrogen and oxygen atoms in total. The fourth-order valence-electron chi connectivity index (χ4n) is 7.77. The standard InChI is InChI=1S/C23H29F7O4/c1-19-9-10-21(24)15(14(19)5-6-16(19)34-18(32)23(28,29)30)4-3-12-11-13(7-8-20(12,21)2)33-17(31)22(25,26)27/h12-16H,3-11H2,1-2H3/t12-,13-,14-,15-,16-,19-,20-,21+/m0/s1. The second-order valence-corrected chi connectivity index (χ2v) is 11.0. The Hall–Kier alpha value is -1.55. The van der Waals surface area contributed by atoms with Crippen LogP contribution in [0.2, 0.25) is 0 Å². The lowest BCUT2D eigenvalue weighted by Gasteiger charge is -2.63. The average Bonchev–Trinajstić information content (AvgIpc) is 3.04. The van der Waals surface area contributed by atoms with E-state index in [2.05, 4.69) is 4.74 Å². The number of esters is 2. The maximum absolute atomic E-state index is 16.9. The van der Waals surface area contributed by atoms with Gasteiger partial charge in [0.1, 0.15) is 17.9 Å². The van der Waals surface area contributed by atoms with Crippen molar-refractivity contribution >= 4 is 11.9 Å². The smallest absolute Gasteiger partial charge is 0.456 e. The summed E-state index contributed by atoms with van der Waals surface area (Å²) >= 11 is 0. The third-order valence-corrected chi connectivity index (χ3v) is 9.62. The van der Waals surface area contributed by atoms with Crippen LogP contribution in [-0.2, 0) is 19.1 Å². The first-order valence-corrected chi connectivity index (χ1v) is 11.8. The van der Waals surface area contributed by atoms with Crippen LogP contribution >= 0.6 is 0 Å². The number of hydrogen-bond donors (Lipinski definition) is 0. The lowest BCUT2D eigenvalue weighted by Crippen LogP contribution is -2.64. The molecule has 0 aromatic rings. The van der Waals surface area contributed by atoms with Crippen molar-refractivity contribution in [3.63, 3.8) is 0 Å². The van der Waals surface area contributed by atoms with Crippen LogP contribution in [0.5, 0.6) is 0 Å². The summed E-state index contributed by atoms with van der Waals surface area (Å²) in [6.07, 6.45) is -9.46. The molecular weight excluding hydrogens is 473 g/mol. The number of halogens is 7. The van der Waals surface area contributed by atoms with Gasteiger partial charge >= 0.3 is 24.3 Å². The van der Waals surface area contributed by atoms with Gasteiger partial charge in [-0.15, -0.1) is 0 Å². The maximum Gasteiger partial charge on any atom is 0.490 e. The van der Waals surface area contributed by atoms with E-state index in [0.29, 0.717) is 19.3 Å².